The Morgan fingerprint density at radius 1 is 0.538 bits per heavy atom. The maximum absolute atomic E-state index is 10.2. The standard InChI is InChI=1S/2C8H19O4P/c2*1-2-3-4-5-6-7-8-12-13(9,10)11/h2*2-8H2,1H3,(H2,9,10,11). The van der Waals surface area contributed by atoms with E-state index in [1.807, 2.05) is 0 Å². The Labute approximate surface area is 158 Å². The van der Waals surface area contributed by atoms with Gasteiger partial charge in [-0.15, -0.1) is 0 Å². The molecule has 0 aromatic heterocycles. The van der Waals surface area contributed by atoms with Crippen LogP contribution in [0.5, 0.6) is 0 Å². The van der Waals surface area contributed by atoms with Crippen LogP contribution in [-0.2, 0) is 18.2 Å². The molecule has 0 fully saturated rings. The topological polar surface area (TPSA) is 134 Å². The summed E-state index contributed by atoms with van der Waals surface area (Å²) in [6.45, 7) is 4.63. The molecule has 0 saturated heterocycles. The summed E-state index contributed by atoms with van der Waals surface area (Å²) >= 11 is 0. The van der Waals surface area contributed by atoms with E-state index in [1.54, 1.807) is 0 Å². The second-order valence-corrected chi connectivity index (χ2v) is 8.66. The van der Waals surface area contributed by atoms with Gasteiger partial charge in [-0.05, 0) is 12.8 Å². The van der Waals surface area contributed by atoms with E-state index in [1.165, 1.54) is 38.5 Å². The Bertz CT molecular complexity index is 344. The molecule has 0 aliphatic rings. The van der Waals surface area contributed by atoms with E-state index in [-0.39, 0.29) is 13.2 Å². The van der Waals surface area contributed by atoms with Gasteiger partial charge in [0.25, 0.3) is 0 Å². The summed E-state index contributed by atoms with van der Waals surface area (Å²) in [5.74, 6) is 0. The molecule has 8 nitrogen and oxygen atoms in total. The normalized spacial score (nSPS) is 11.9. The van der Waals surface area contributed by atoms with Crippen molar-refractivity contribution in [1.29, 1.82) is 0 Å². The Kier molecular flexibility index (Phi) is 20.3. The lowest BCUT2D eigenvalue weighted by Crippen LogP contribution is -1.92. The summed E-state index contributed by atoms with van der Waals surface area (Å²) in [5, 5.41) is 0. The summed E-state index contributed by atoms with van der Waals surface area (Å²) in [4.78, 5) is 33.4. The zero-order valence-corrected chi connectivity index (χ0v) is 18.0. The third-order valence-electron chi connectivity index (χ3n) is 3.51. The highest BCUT2D eigenvalue weighted by Crippen LogP contribution is 2.36. The molecule has 10 heteroatoms. The van der Waals surface area contributed by atoms with Gasteiger partial charge in [0.2, 0.25) is 0 Å². The van der Waals surface area contributed by atoms with Gasteiger partial charge in [-0.2, -0.15) is 0 Å². The van der Waals surface area contributed by atoms with E-state index in [2.05, 4.69) is 22.9 Å². The van der Waals surface area contributed by atoms with E-state index in [0.29, 0.717) is 0 Å². The summed E-state index contributed by atoms with van der Waals surface area (Å²) in [7, 11) is -8.45. The predicted molar refractivity (Wildman–Crippen MR) is 103 cm³/mol. The molecule has 0 heterocycles. The van der Waals surface area contributed by atoms with E-state index in [0.717, 1.165) is 38.5 Å². The molecule has 0 saturated carbocycles. The van der Waals surface area contributed by atoms with Gasteiger partial charge in [-0.1, -0.05) is 78.1 Å². The fraction of sp³-hybridized carbons (Fsp3) is 1.00. The number of phosphoric acid groups is 2. The molecule has 0 aliphatic carbocycles. The lowest BCUT2D eigenvalue weighted by Gasteiger charge is -2.04. The van der Waals surface area contributed by atoms with Crippen molar-refractivity contribution in [2.45, 2.75) is 90.9 Å². The highest BCUT2D eigenvalue weighted by atomic mass is 31.2. The largest absolute Gasteiger partial charge is 0.469 e. The van der Waals surface area contributed by atoms with Crippen LogP contribution in [-0.4, -0.2) is 32.8 Å². The third-order valence-corrected chi connectivity index (χ3v) is 4.55. The average Bonchev–Trinajstić information content (AvgIpc) is 2.52. The monoisotopic (exact) mass is 420 g/mol. The van der Waals surface area contributed by atoms with Crippen molar-refractivity contribution in [3.63, 3.8) is 0 Å². The molecule has 0 bridgehead atoms. The van der Waals surface area contributed by atoms with Gasteiger partial charge in [0.05, 0.1) is 13.2 Å². The first kappa shape index (κ1) is 28.4. The average molecular weight is 420 g/mol. The van der Waals surface area contributed by atoms with Crippen molar-refractivity contribution in [3.8, 4) is 0 Å². The van der Waals surface area contributed by atoms with E-state index < -0.39 is 15.6 Å². The molecule has 0 radical (unpaired) electrons. The second-order valence-electron chi connectivity index (χ2n) is 6.18. The Balaban J connectivity index is 0. The lowest BCUT2D eigenvalue weighted by atomic mass is 10.1. The molecule has 0 amide bonds. The Hall–Kier alpha value is 0.220. The van der Waals surface area contributed by atoms with Gasteiger partial charge >= 0.3 is 15.6 Å². The van der Waals surface area contributed by atoms with Crippen LogP contribution in [0.3, 0.4) is 0 Å². The van der Waals surface area contributed by atoms with Gasteiger partial charge in [0, 0.05) is 0 Å². The summed E-state index contributed by atoms with van der Waals surface area (Å²) in [6, 6.07) is 0. The molecule has 160 valence electrons. The van der Waals surface area contributed by atoms with Crippen LogP contribution in [0, 0.1) is 0 Å². The van der Waals surface area contributed by atoms with Gasteiger partial charge in [0.15, 0.2) is 0 Å². The van der Waals surface area contributed by atoms with Crippen LogP contribution in [0.2, 0.25) is 0 Å². The first-order valence-corrected chi connectivity index (χ1v) is 12.6. The van der Waals surface area contributed by atoms with Crippen LogP contribution in [0.25, 0.3) is 0 Å². The van der Waals surface area contributed by atoms with Crippen LogP contribution < -0.4 is 0 Å². The van der Waals surface area contributed by atoms with E-state index >= 15 is 0 Å². The lowest BCUT2D eigenvalue weighted by molar-refractivity contribution is 0.191. The van der Waals surface area contributed by atoms with Gasteiger partial charge < -0.3 is 19.6 Å². The maximum atomic E-state index is 10.2. The molecular formula is C16H38O8P2. The van der Waals surface area contributed by atoms with Crippen molar-refractivity contribution in [1.82, 2.24) is 0 Å². The first-order valence-electron chi connectivity index (χ1n) is 9.52. The predicted octanol–water partition coefficient (Wildman–Crippen LogP) is 4.91. The van der Waals surface area contributed by atoms with E-state index in [4.69, 9.17) is 19.6 Å². The number of unbranched alkanes of at least 4 members (excludes halogenated alkanes) is 10. The van der Waals surface area contributed by atoms with Crippen molar-refractivity contribution >= 4 is 15.6 Å². The third kappa shape index (κ3) is 31.9. The SMILES string of the molecule is CCCCCCCCOP(=O)(O)O.CCCCCCCCOP(=O)(O)O. The molecule has 4 N–H and O–H groups in total. The van der Waals surface area contributed by atoms with Gasteiger partial charge in [-0.3, -0.25) is 9.05 Å². The quantitative estimate of drug-likeness (QED) is 0.204. The minimum absolute atomic E-state index is 0.163. The minimum atomic E-state index is -4.23. The van der Waals surface area contributed by atoms with Crippen molar-refractivity contribution in [3.05, 3.63) is 0 Å². The van der Waals surface area contributed by atoms with Crippen molar-refractivity contribution < 1.29 is 37.8 Å². The highest BCUT2D eigenvalue weighted by molar-refractivity contribution is 7.46. The molecule has 0 unspecified atom stereocenters. The summed E-state index contributed by atoms with van der Waals surface area (Å²) in [6.07, 6.45) is 13.0. The number of hydrogen-bond donors (Lipinski definition) is 4. The van der Waals surface area contributed by atoms with Crippen molar-refractivity contribution in [2.24, 2.45) is 0 Å². The molecule has 0 atom stereocenters. The molecule has 0 rings (SSSR count). The Morgan fingerprint density at radius 3 is 1.08 bits per heavy atom. The molecule has 26 heavy (non-hydrogen) atoms. The number of hydrogen-bond acceptors (Lipinski definition) is 4. The van der Waals surface area contributed by atoms with Crippen LogP contribution >= 0.6 is 15.6 Å². The fourth-order valence-corrected chi connectivity index (χ4v) is 2.87. The summed E-state index contributed by atoms with van der Waals surface area (Å²) in [5.41, 5.74) is 0. The van der Waals surface area contributed by atoms with Gasteiger partial charge in [0.1, 0.15) is 0 Å². The zero-order chi connectivity index (χ0) is 20.3. The van der Waals surface area contributed by atoms with Gasteiger partial charge in [-0.25, -0.2) is 9.13 Å². The smallest absolute Gasteiger partial charge is 0.303 e. The molecular weight excluding hydrogens is 382 g/mol. The number of phosphoric ester groups is 2. The molecule has 0 aromatic rings. The minimum Gasteiger partial charge on any atom is -0.303 e. The fourth-order valence-electron chi connectivity index (χ4n) is 2.13. The molecule has 0 aromatic carbocycles. The maximum Gasteiger partial charge on any atom is 0.469 e. The van der Waals surface area contributed by atoms with Crippen LogP contribution in [0.4, 0.5) is 0 Å². The second kappa shape index (κ2) is 18.6. The van der Waals surface area contributed by atoms with Crippen LogP contribution in [0.15, 0.2) is 0 Å². The number of rotatable bonds is 16. The molecule has 0 spiro atoms. The van der Waals surface area contributed by atoms with E-state index in [9.17, 15) is 9.13 Å². The van der Waals surface area contributed by atoms with Crippen molar-refractivity contribution in [2.75, 3.05) is 13.2 Å². The first-order chi connectivity index (χ1) is 12.1. The Morgan fingerprint density at radius 2 is 0.808 bits per heavy atom. The summed E-state index contributed by atoms with van der Waals surface area (Å²) < 4.78 is 29.1. The van der Waals surface area contributed by atoms with Crippen LogP contribution in [0.1, 0.15) is 90.9 Å². The highest BCUT2D eigenvalue weighted by Gasteiger charge is 2.12. The zero-order valence-electron chi connectivity index (χ0n) is 16.2. The molecule has 0 aliphatic heterocycles.